The zero-order valence-corrected chi connectivity index (χ0v) is 12.2. The lowest BCUT2D eigenvalue weighted by Gasteiger charge is -2.17. The van der Waals surface area contributed by atoms with Gasteiger partial charge in [0.05, 0.1) is 18.6 Å². The van der Waals surface area contributed by atoms with E-state index in [2.05, 4.69) is 29.6 Å². The van der Waals surface area contributed by atoms with Crippen LogP contribution < -0.4 is 10.1 Å². The van der Waals surface area contributed by atoms with E-state index in [1.54, 1.807) is 7.11 Å². The molecule has 20 heavy (non-hydrogen) atoms. The molecule has 0 heterocycles. The first-order valence-electron chi connectivity index (χ1n) is 6.74. The van der Waals surface area contributed by atoms with Crippen molar-refractivity contribution in [3.63, 3.8) is 0 Å². The van der Waals surface area contributed by atoms with Crippen LogP contribution in [0.5, 0.6) is 5.75 Å². The van der Waals surface area contributed by atoms with Crippen LogP contribution in [0.1, 0.15) is 19.4 Å². The zero-order chi connectivity index (χ0) is 14.6. The third kappa shape index (κ3) is 3.09. The fraction of sp³-hybridized carbons (Fsp3) is 0.353. The smallest absolute Gasteiger partial charge is 0.126 e. The Morgan fingerprint density at radius 2 is 1.85 bits per heavy atom. The third-order valence-corrected chi connectivity index (χ3v) is 3.38. The molecule has 0 atom stereocenters. The molecule has 3 heteroatoms. The Hall–Kier alpha value is -2.05. The van der Waals surface area contributed by atoms with Crippen LogP contribution in [0.3, 0.4) is 0 Å². The minimum absolute atomic E-state index is 0.345. The van der Waals surface area contributed by atoms with Gasteiger partial charge in [0.1, 0.15) is 5.75 Å². The molecule has 3 nitrogen and oxygen atoms in total. The van der Waals surface area contributed by atoms with E-state index < -0.39 is 0 Å². The highest BCUT2D eigenvalue weighted by atomic mass is 16.5. The van der Waals surface area contributed by atoms with Crippen LogP contribution >= 0.6 is 0 Å². The molecule has 0 aliphatic heterocycles. The van der Waals surface area contributed by atoms with Gasteiger partial charge in [-0.05, 0) is 30.9 Å². The molecular weight excluding hydrogens is 248 g/mol. The molecule has 0 aromatic heterocycles. The summed E-state index contributed by atoms with van der Waals surface area (Å²) in [7, 11) is 1.69. The second-order valence-electron chi connectivity index (χ2n) is 5.57. The molecule has 0 aliphatic carbocycles. The van der Waals surface area contributed by atoms with E-state index >= 15 is 0 Å². The second-order valence-corrected chi connectivity index (χ2v) is 5.57. The van der Waals surface area contributed by atoms with Crippen molar-refractivity contribution in [3.05, 3.63) is 42.0 Å². The lowest BCUT2D eigenvalue weighted by Crippen LogP contribution is -2.27. The van der Waals surface area contributed by atoms with Crippen molar-refractivity contribution < 1.29 is 4.74 Å². The summed E-state index contributed by atoms with van der Waals surface area (Å²) in [6.07, 6.45) is 0. The van der Waals surface area contributed by atoms with Crippen molar-refractivity contribution in [3.8, 4) is 11.8 Å². The number of nitrogens with one attached hydrogen (secondary N) is 1. The number of ether oxygens (including phenoxy) is 1. The average Bonchev–Trinajstić information content (AvgIpc) is 2.47. The number of benzene rings is 2. The van der Waals surface area contributed by atoms with Crippen LogP contribution in [0.15, 0.2) is 36.4 Å². The minimum Gasteiger partial charge on any atom is -0.496 e. The maximum atomic E-state index is 9.02. The molecule has 0 bridgehead atoms. The summed E-state index contributed by atoms with van der Waals surface area (Å²) in [6, 6.07) is 14.6. The highest BCUT2D eigenvalue weighted by molar-refractivity contribution is 5.91. The fourth-order valence-electron chi connectivity index (χ4n) is 2.22. The Bertz CT molecular complexity index is 641. The Kier molecular flexibility index (Phi) is 4.26. The molecule has 2 rings (SSSR count). The van der Waals surface area contributed by atoms with Crippen LogP contribution in [0.4, 0.5) is 0 Å². The number of hydrogen-bond acceptors (Lipinski definition) is 3. The van der Waals surface area contributed by atoms with E-state index in [1.165, 1.54) is 10.9 Å². The van der Waals surface area contributed by atoms with Crippen molar-refractivity contribution in [1.29, 1.82) is 5.26 Å². The number of fused-ring (bicyclic) bond motifs is 1. The summed E-state index contributed by atoms with van der Waals surface area (Å²) >= 11 is 0. The van der Waals surface area contributed by atoms with Crippen molar-refractivity contribution in [2.24, 2.45) is 5.41 Å². The molecule has 2 aromatic carbocycles. The van der Waals surface area contributed by atoms with Crippen LogP contribution in [0.2, 0.25) is 0 Å². The molecule has 0 aliphatic rings. The molecule has 0 fully saturated rings. The summed E-state index contributed by atoms with van der Waals surface area (Å²) < 4.78 is 5.40. The summed E-state index contributed by atoms with van der Waals surface area (Å²) in [5.41, 5.74) is 0.873. The van der Waals surface area contributed by atoms with Crippen molar-refractivity contribution in [2.45, 2.75) is 20.4 Å². The predicted octanol–water partition coefficient (Wildman–Crippen LogP) is 3.49. The number of hydrogen-bond donors (Lipinski definition) is 1. The minimum atomic E-state index is -0.345. The van der Waals surface area contributed by atoms with Crippen LogP contribution in [-0.4, -0.2) is 13.7 Å². The first-order valence-corrected chi connectivity index (χ1v) is 6.74. The largest absolute Gasteiger partial charge is 0.496 e. The van der Waals surface area contributed by atoms with Gasteiger partial charge < -0.3 is 10.1 Å². The topological polar surface area (TPSA) is 45.0 Å². The van der Waals surface area contributed by atoms with E-state index in [-0.39, 0.29) is 5.41 Å². The Morgan fingerprint density at radius 3 is 2.50 bits per heavy atom. The molecule has 0 saturated carbocycles. The van der Waals surface area contributed by atoms with Gasteiger partial charge in [-0.25, -0.2) is 0 Å². The van der Waals surface area contributed by atoms with Gasteiger partial charge in [-0.3, -0.25) is 0 Å². The van der Waals surface area contributed by atoms with Crippen molar-refractivity contribution in [1.82, 2.24) is 5.32 Å². The number of nitrogens with zero attached hydrogens (tertiary/aromatic N) is 1. The molecule has 0 spiro atoms. The summed E-state index contributed by atoms with van der Waals surface area (Å²) in [4.78, 5) is 0. The normalized spacial score (nSPS) is 11.3. The Labute approximate surface area is 120 Å². The molecule has 0 amide bonds. The summed E-state index contributed by atoms with van der Waals surface area (Å²) in [6.45, 7) is 5.29. The molecular formula is C17H20N2O. The van der Waals surface area contributed by atoms with E-state index in [9.17, 15) is 0 Å². The first kappa shape index (κ1) is 14.4. The highest BCUT2D eigenvalue weighted by Crippen LogP contribution is 2.28. The SMILES string of the molecule is COc1ccc(CNCC(C)(C)C#N)c2ccccc12. The third-order valence-electron chi connectivity index (χ3n) is 3.38. The van der Waals surface area contributed by atoms with Gasteiger partial charge in [0.25, 0.3) is 0 Å². The molecule has 2 aromatic rings. The van der Waals surface area contributed by atoms with Gasteiger partial charge >= 0.3 is 0 Å². The summed E-state index contributed by atoms with van der Waals surface area (Å²) in [5, 5.41) is 14.7. The fourth-order valence-corrected chi connectivity index (χ4v) is 2.22. The monoisotopic (exact) mass is 268 g/mol. The predicted molar refractivity (Wildman–Crippen MR) is 81.6 cm³/mol. The first-order chi connectivity index (χ1) is 9.57. The highest BCUT2D eigenvalue weighted by Gasteiger charge is 2.15. The van der Waals surface area contributed by atoms with E-state index in [4.69, 9.17) is 10.00 Å². The lowest BCUT2D eigenvalue weighted by atomic mass is 9.96. The lowest BCUT2D eigenvalue weighted by molar-refractivity contribution is 0.419. The molecule has 1 N–H and O–H groups in total. The van der Waals surface area contributed by atoms with E-state index in [0.29, 0.717) is 6.54 Å². The quantitative estimate of drug-likeness (QED) is 0.902. The zero-order valence-electron chi connectivity index (χ0n) is 12.2. The van der Waals surface area contributed by atoms with Gasteiger partial charge in [-0.2, -0.15) is 5.26 Å². The van der Waals surface area contributed by atoms with Crippen LogP contribution in [-0.2, 0) is 6.54 Å². The van der Waals surface area contributed by atoms with Gasteiger partial charge in [-0.15, -0.1) is 0 Å². The van der Waals surface area contributed by atoms with Crippen molar-refractivity contribution >= 4 is 10.8 Å². The van der Waals surface area contributed by atoms with E-state index in [0.717, 1.165) is 17.7 Å². The Morgan fingerprint density at radius 1 is 1.15 bits per heavy atom. The number of nitriles is 1. The second kappa shape index (κ2) is 5.94. The average molecular weight is 268 g/mol. The summed E-state index contributed by atoms with van der Waals surface area (Å²) in [5.74, 6) is 0.890. The van der Waals surface area contributed by atoms with Crippen LogP contribution in [0, 0.1) is 16.7 Å². The molecule has 0 unspecified atom stereocenters. The maximum Gasteiger partial charge on any atom is 0.126 e. The van der Waals surface area contributed by atoms with Gasteiger partial charge in [0.15, 0.2) is 0 Å². The number of methoxy groups -OCH3 is 1. The number of rotatable bonds is 5. The Balaban J connectivity index is 2.22. The molecule has 104 valence electrons. The van der Waals surface area contributed by atoms with Gasteiger partial charge in [0, 0.05) is 18.5 Å². The molecule has 0 radical (unpaired) electrons. The van der Waals surface area contributed by atoms with Gasteiger partial charge in [0.2, 0.25) is 0 Å². The van der Waals surface area contributed by atoms with Crippen LogP contribution in [0.25, 0.3) is 10.8 Å². The maximum absolute atomic E-state index is 9.02. The standard InChI is InChI=1S/C17H20N2O/c1-17(2,11-18)12-19-10-13-8-9-16(20-3)15-7-5-4-6-14(13)15/h4-9,19H,10,12H2,1-3H3. The molecule has 0 saturated heterocycles. The van der Waals surface area contributed by atoms with Crippen molar-refractivity contribution in [2.75, 3.05) is 13.7 Å². The van der Waals surface area contributed by atoms with Gasteiger partial charge in [-0.1, -0.05) is 30.3 Å². The van der Waals surface area contributed by atoms with E-state index in [1.807, 2.05) is 32.0 Å².